The lowest BCUT2D eigenvalue weighted by Crippen LogP contribution is -2.42. The Hall–Kier alpha value is -2.13. The fourth-order valence-electron chi connectivity index (χ4n) is 3.02. The molecular formula is C19H18ClNO2. The third-order valence-corrected chi connectivity index (χ3v) is 4.57. The van der Waals surface area contributed by atoms with Crippen molar-refractivity contribution in [2.75, 3.05) is 13.1 Å². The highest BCUT2D eigenvalue weighted by molar-refractivity contribution is 6.34. The normalized spacial score (nSPS) is 17.8. The van der Waals surface area contributed by atoms with Crippen LogP contribution >= 0.6 is 11.6 Å². The minimum atomic E-state index is -0.184. The van der Waals surface area contributed by atoms with E-state index in [0.29, 0.717) is 29.2 Å². The number of rotatable bonds is 3. The molecule has 1 atom stereocenters. The minimum Gasteiger partial charge on any atom is -0.338 e. The Balaban J connectivity index is 1.75. The van der Waals surface area contributed by atoms with Gasteiger partial charge in [-0.25, -0.2) is 0 Å². The molecule has 23 heavy (non-hydrogen) atoms. The van der Waals surface area contributed by atoms with Crippen molar-refractivity contribution in [2.45, 2.75) is 12.8 Å². The fourth-order valence-corrected chi connectivity index (χ4v) is 3.25. The Morgan fingerprint density at radius 3 is 2.43 bits per heavy atom. The van der Waals surface area contributed by atoms with E-state index in [9.17, 15) is 9.59 Å². The number of carbonyl (C=O) groups excluding carboxylic acids is 2. The van der Waals surface area contributed by atoms with Crippen molar-refractivity contribution < 1.29 is 9.59 Å². The van der Waals surface area contributed by atoms with Crippen molar-refractivity contribution in [1.82, 2.24) is 4.90 Å². The Bertz CT molecular complexity index is 714. The zero-order valence-electron chi connectivity index (χ0n) is 12.7. The first-order valence-corrected chi connectivity index (χ1v) is 8.17. The summed E-state index contributed by atoms with van der Waals surface area (Å²) in [6.07, 6.45) is 1.63. The highest BCUT2D eigenvalue weighted by Crippen LogP contribution is 2.25. The fraction of sp³-hybridized carbons (Fsp3) is 0.263. The van der Waals surface area contributed by atoms with Gasteiger partial charge in [-0.2, -0.15) is 0 Å². The summed E-state index contributed by atoms with van der Waals surface area (Å²) in [5, 5.41) is 0.476. The van der Waals surface area contributed by atoms with E-state index in [-0.39, 0.29) is 17.6 Å². The molecule has 1 amide bonds. The Kier molecular flexibility index (Phi) is 4.77. The van der Waals surface area contributed by atoms with Gasteiger partial charge in [0.2, 0.25) is 0 Å². The Labute approximate surface area is 140 Å². The number of halogens is 1. The van der Waals surface area contributed by atoms with Crippen molar-refractivity contribution in [3.63, 3.8) is 0 Å². The highest BCUT2D eigenvalue weighted by Gasteiger charge is 2.30. The van der Waals surface area contributed by atoms with Gasteiger partial charge < -0.3 is 4.90 Å². The number of amides is 1. The molecule has 1 heterocycles. The lowest BCUT2D eigenvalue weighted by molar-refractivity contribution is 0.0637. The van der Waals surface area contributed by atoms with E-state index in [2.05, 4.69) is 0 Å². The number of hydrogen-bond acceptors (Lipinski definition) is 2. The second-order valence-corrected chi connectivity index (χ2v) is 6.21. The van der Waals surface area contributed by atoms with Crippen molar-refractivity contribution >= 4 is 23.3 Å². The molecule has 0 bridgehead atoms. The molecule has 1 aliphatic heterocycles. The van der Waals surface area contributed by atoms with Crippen LogP contribution in [-0.2, 0) is 0 Å². The number of piperidine rings is 1. The molecule has 1 unspecified atom stereocenters. The lowest BCUT2D eigenvalue weighted by Gasteiger charge is -2.32. The summed E-state index contributed by atoms with van der Waals surface area (Å²) in [6.45, 7) is 1.15. The zero-order valence-corrected chi connectivity index (χ0v) is 13.5. The molecule has 0 N–H and O–H groups in total. The molecule has 2 aromatic carbocycles. The van der Waals surface area contributed by atoms with Gasteiger partial charge in [-0.05, 0) is 37.1 Å². The number of hydrogen-bond donors (Lipinski definition) is 0. The maximum atomic E-state index is 12.7. The van der Waals surface area contributed by atoms with Crippen LogP contribution in [0.3, 0.4) is 0 Å². The third kappa shape index (κ3) is 3.45. The molecular weight excluding hydrogens is 310 g/mol. The van der Waals surface area contributed by atoms with Crippen LogP contribution in [0.2, 0.25) is 5.02 Å². The summed E-state index contributed by atoms with van der Waals surface area (Å²) in [6, 6.07) is 16.3. The van der Waals surface area contributed by atoms with Crippen LogP contribution < -0.4 is 0 Å². The molecule has 0 radical (unpaired) electrons. The van der Waals surface area contributed by atoms with E-state index in [1.165, 1.54) is 0 Å². The van der Waals surface area contributed by atoms with Crippen LogP contribution in [0.15, 0.2) is 54.6 Å². The first-order chi connectivity index (χ1) is 11.2. The largest absolute Gasteiger partial charge is 0.338 e. The van der Waals surface area contributed by atoms with E-state index >= 15 is 0 Å². The molecule has 0 spiro atoms. The van der Waals surface area contributed by atoms with Crippen LogP contribution in [0, 0.1) is 5.92 Å². The van der Waals surface area contributed by atoms with Crippen molar-refractivity contribution in [1.29, 1.82) is 0 Å². The standard InChI is InChI=1S/C19H18ClNO2/c20-17-11-5-4-10-16(17)18(22)15-9-6-12-21(13-15)19(23)14-7-2-1-3-8-14/h1-5,7-8,10-11,15H,6,9,12-13H2. The van der Waals surface area contributed by atoms with Gasteiger partial charge in [-0.3, -0.25) is 9.59 Å². The van der Waals surface area contributed by atoms with E-state index in [1.54, 1.807) is 17.0 Å². The maximum Gasteiger partial charge on any atom is 0.253 e. The summed E-state index contributed by atoms with van der Waals surface area (Å²) < 4.78 is 0. The van der Waals surface area contributed by atoms with Gasteiger partial charge in [-0.15, -0.1) is 0 Å². The topological polar surface area (TPSA) is 37.4 Å². The SMILES string of the molecule is O=C(c1ccccc1Cl)C1CCCN(C(=O)c2ccccc2)C1. The molecule has 0 aliphatic carbocycles. The highest BCUT2D eigenvalue weighted by atomic mass is 35.5. The van der Waals surface area contributed by atoms with Crippen LogP contribution in [0.4, 0.5) is 0 Å². The number of carbonyl (C=O) groups is 2. The third-order valence-electron chi connectivity index (χ3n) is 4.24. The van der Waals surface area contributed by atoms with E-state index in [1.807, 2.05) is 42.5 Å². The molecule has 4 heteroatoms. The monoisotopic (exact) mass is 327 g/mol. The molecule has 1 saturated heterocycles. The quantitative estimate of drug-likeness (QED) is 0.797. The number of Topliss-reactive ketones (excluding diaryl/α,β-unsaturated/α-hetero) is 1. The molecule has 0 saturated carbocycles. The summed E-state index contributed by atoms with van der Waals surface area (Å²) in [7, 11) is 0. The van der Waals surface area contributed by atoms with Gasteiger partial charge in [0, 0.05) is 30.1 Å². The van der Waals surface area contributed by atoms with Crippen LogP contribution in [0.25, 0.3) is 0 Å². The minimum absolute atomic E-state index is 0.0118. The Morgan fingerprint density at radius 1 is 1.00 bits per heavy atom. The zero-order chi connectivity index (χ0) is 16.2. The van der Waals surface area contributed by atoms with E-state index < -0.39 is 0 Å². The van der Waals surface area contributed by atoms with E-state index in [4.69, 9.17) is 11.6 Å². The van der Waals surface area contributed by atoms with Gasteiger partial charge >= 0.3 is 0 Å². The van der Waals surface area contributed by atoms with Crippen molar-refractivity contribution in [3.05, 3.63) is 70.7 Å². The summed E-state index contributed by atoms with van der Waals surface area (Å²) in [5.74, 6) is -0.167. The predicted molar refractivity (Wildman–Crippen MR) is 90.9 cm³/mol. The van der Waals surface area contributed by atoms with E-state index in [0.717, 1.165) is 12.8 Å². The van der Waals surface area contributed by atoms with Gasteiger partial charge in [0.1, 0.15) is 0 Å². The molecule has 3 nitrogen and oxygen atoms in total. The molecule has 118 valence electrons. The van der Waals surface area contributed by atoms with Crippen molar-refractivity contribution in [3.8, 4) is 0 Å². The van der Waals surface area contributed by atoms with Crippen molar-refractivity contribution in [2.24, 2.45) is 5.92 Å². The van der Waals surface area contributed by atoms with Gasteiger partial charge in [0.15, 0.2) is 5.78 Å². The smallest absolute Gasteiger partial charge is 0.253 e. The van der Waals surface area contributed by atoms with Crippen LogP contribution in [0.1, 0.15) is 33.6 Å². The predicted octanol–water partition coefficient (Wildman–Crippen LogP) is 4.08. The molecule has 0 aromatic heterocycles. The maximum absolute atomic E-state index is 12.7. The number of nitrogens with zero attached hydrogens (tertiary/aromatic N) is 1. The van der Waals surface area contributed by atoms with Gasteiger partial charge in [0.25, 0.3) is 5.91 Å². The average Bonchev–Trinajstić information content (AvgIpc) is 2.62. The summed E-state index contributed by atoms with van der Waals surface area (Å²) in [4.78, 5) is 27.0. The van der Waals surface area contributed by atoms with Gasteiger partial charge in [-0.1, -0.05) is 41.9 Å². The second-order valence-electron chi connectivity index (χ2n) is 5.80. The number of ketones is 1. The second kappa shape index (κ2) is 6.97. The van der Waals surface area contributed by atoms with Gasteiger partial charge in [0.05, 0.1) is 5.02 Å². The lowest BCUT2D eigenvalue weighted by atomic mass is 9.89. The molecule has 2 aromatic rings. The summed E-state index contributed by atoms with van der Waals surface area (Å²) >= 11 is 6.13. The average molecular weight is 328 g/mol. The van der Waals surface area contributed by atoms with Crippen LogP contribution in [-0.4, -0.2) is 29.7 Å². The first-order valence-electron chi connectivity index (χ1n) is 7.80. The number of benzene rings is 2. The first kappa shape index (κ1) is 15.8. The summed E-state index contributed by atoms with van der Waals surface area (Å²) in [5.41, 5.74) is 1.21. The molecule has 1 aliphatic rings. The molecule has 3 rings (SSSR count). The Morgan fingerprint density at radius 2 is 1.70 bits per heavy atom. The van der Waals surface area contributed by atoms with Crippen LogP contribution in [0.5, 0.6) is 0 Å². The molecule has 1 fully saturated rings. The number of likely N-dealkylation sites (tertiary alicyclic amines) is 1.